The van der Waals surface area contributed by atoms with E-state index in [1.165, 1.54) is 24.3 Å². The van der Waals surface area contributed by atoms with E-state index in [2.05, 4.69) is 10.4 Å². The van der Waals surface area contributed by atoms with Crippen LogP contribution < -0.4 is 10.1 Å². The Bertz CT molecular complexity index is 1070. The molecule has 0 fully saturated rings. The summed E-state index contributed by atoms with van der Waals surface area (Å²) in [7, 11) is 0. The number of hydrogen-bond acceptors (Lipinski definition) is 4. The van der Waals surface area contributed by atoms with Crippen molar-refractivity contribution in [1.29, 1.82) is 0 Å². The van der Waals surface area contributed by atoms with E-state index < -0.39 is 5.91 Å². The maximum absolute atomic E-state index is 12.9. The van der Waals surface area contributed by atoms with Crippen LogP contribution in [0.4, 0.5) is 10.2 Å². The molecule has 2 aromatic carbocycles. The first-order valence-electron chi connectivity index (χ1n) is 8.57. The van der Waals surface area contributed by atoms with Crippen LogP contribution in [0, 0.1) is 5.82 Å². The van der Waals surface area contributed by atoms with Gasteiger partial charge >= 0.3 is 0 Å². The molecule has 0 aliphatic carbocycles. The van der Waals surface area contributed by atoms with Gasteiger partial charge in [-0.3, -0.25) is 4.79 Å². The predicted octanol–water partition coefficient (Wildman–Crippen LogP) is 4.44. The molecule has 0 aliphatic rings. The number of halogens is 1. The van der Waals surface area contributed by atoms with Crippen LogP contribution in [0.1, 0.15) is 16.3 Å². The smallest absolute Gasteiger partial charge is 0.292 e. The number of hydrogen-bond donors (Lipinski definition) is 1. The zero-order chi connectivity index (χ0) is 19.3. The van der Waals surface area contributed by atoms with Crippen LogP contribution in [-0.2, 0) is 6.61 Å². The molecular weight excluding hydrogens is 361 g/mol. The van der Waals surface area contributed by atoms with E-state index in [4.69, 9.17) is 9.15 Å². The van der Waals surface area contributed by atoms with Crippen molar-refractivity contribution in [2.24, 2.45) is 0 Å². The first kappa shape index (κ1) is 17.5. The van der Waals surface area contributed by atoms with Gasteiger partial charge < -0.3 is 14.5 Å². The molecule has 1 amide bonds. The van der Waals surface area contributed by atoms with Gasteiger partial charge in [0, 0.05) is 12.3 Å². The lowest BCUT2D eigenvalue weighted by Gasteiger charge is -2.03. The minimum atomic E-state index is -0.411. The Morgan fingerprint density at radius 3 is 2.61 bits per heavy atom. The number of ether oxygens (including phenoxy) is 1. The summed E-state index contributed by atoms with van der Waals surface area (Å²) in [6, 6.07) is 20.2. The van der Waals surface area contributed by atoms with Crippen molar-refractivity contribution in [3.05, 3.63) is 96.3 Å². The molecule has 0 spiro atoms. The summed E-state index contributed by atoms with van der Waals surface area (Å²) >= 11 is 0. The van der Waals surface area contributed by atoms with E-state index >= 15 is 0 Å². The van der Waals surface area contributed by atoms with Gasteiger partial charge in [0.15, 0.2) is 11.6 Å². The minimum Gasteiger partial charge on any atom is -0.486 e. The third-order valence-electron chi connectivity index (χ3n) is 3.93. The average molecular weight is 377 g/mol. The number of anilines is 1. The van der Waals surface area contributed by atoms with Crippen LogP contribution in [0.15, 0.2) is 83.4 Å². The Kier molecular flexibility index (Phi) is 4.88. The fraction of sp³-hybridized carbons (Fsp3) is 0.0476. The zero-order valence-corrected chi connectivity index (χ0v) is 14.7. The molecule has 2 aromatic heterocycles. The highest BCUT2D eigenvalue weighted by Gasteiger charge is 2.13. The number of furan rings is 1. The lowest BCUT2D eigenvalue weighted by Crippen LogP contribution is -2.11. The second-order valence-electron chi connectivity index (χ2n) is 5.94. The molecule has 28 heavy (non-hydrogen) atoms. The van der Waals surface area contributed by atoms with E-state index in [9.17, 15) is 9.18 Å². The number of nitrogens with zero attached hydrogens (tertiary/aromatic N) is 2. The van der Waals surface area contributed by atoms with Gasteiger partial charge in [-0.1, -0.05) is 18.2 Å². The highest BCUT2D eigenvalue weighted by atomic mass is 19.1. The van der Waals surface area contributed by atoms with Crippen LogP contribution in [0.25, 0.3) is 5.69 Å². The molecule has 140 valence electrons. The van der Waals surface area contributed by atoms with Crippen LogP contribution in [0.3, 0.4) is 0 Å². The summed E-state index contributed by atoms with van der Waals surface area (Å²) in [6.07, 6.45) is 1.76. The zero-order valence-electron chi connectivity index (χ0n) is 14.7. The van der Waals surface area contributed by atoms with Gasteiger partial charge in [0.05, 0.1) is 5.69 Å². The molecule has 0 saturated carbocycles. The van der Waals surface area contributed by atoms with E-state index in [-0.39, 0.29) is 18.2 Å². The van der Waals surface area contributed by atoms with Crippen molar-refractivity contribution in [2.75, 3.05) is 5.32 Å². The van der Waals surface area contributed by atoms with Crippen molar-refractivity contribution < 1.29 is 18.3 Å². The van der Waals surface area contributed by atoms with Gasteiger partial charge in [0.1, 0.15) is 23.9 Å². The van der Waals surface area contributed by atoms with E-state index in [1.54, 1.807) is 29.1 Å². The average Bonchev–Trinajstić information content (AvgIpc) is 3.38. The van der Waals surface area contributed by atoms with Crippen molar-refractivity contribution in [2.45, 2.75) is 6.61 Å². The van der Waals surface area contributed by atoms with Crippen molar-refractivity contribution >= 4 is 11.7 Å². The number of carbonyl (C=O) groups is 1. The molecule has 0 aliphatic heterocycles. The van der Waals surface area contributed by atoms with Crippen molar-refractivity contribution in [3.8, 4) is 11.4 Å². The number of aromatic nitrogens is 2. The first-order chi connectivity index (χ1) is 13.7. The fourth-order valence-corrected chi connectivity index (χ4v) is 2.56. The van der Waals surface area contributed by atoms with Crippen LogP contribution in [0.5, 0.6) is 5.75 Å². The van der Waals surface area contributed by atoms with Crippen molar-refractivity contribution in [1.82, 2.24) is 9.78 Å². The summed E-state index contributed by atoms with van der Waals surface area (Å²) in [4.78, 5) is 12.3. The number of carbonyl (C=O) groups excluding carboxylic acids is 1. The molecular formula is C21H16FN3O3. The molecule has 0 saturated heterocycles. The molecule has 0 bridgehead atoms. The molecule has 0 atom stereocenters. The Hall–Kier alpha value is -3.87. The van der Waals surface area contributed by atoms with Gasteiger partial charge in [-0.2, -0.15) is 5.10 Å². The van der Waals surface area contributed by atoms with Gasteiger partial charge in [0.25, 0.3) is 5.91 Å². The Morgan fingerprint density at radius 1 is 1.04 bits per heavy atom. The summed E-state index contributed by atoms with van der Waals surface area (Å²) in [5, 5.41) is 7.02. The molecule has 6 nitrogen and oxygen atoms in total. The Balaban J connectivity index is 1.37. The molecule has 2 heterocycles. The number of benzene rings is 2. The fourth-order valence-electron chi connectivity index (χ4n) is 2.56. The monoisotopic (exact) mass is 377 g/mol. The predicted molar refractivity (Wildman–Crippen MR) is 101 cm³/mol. The van der Waals surface area contributed by atoms with Gasteiger partial charge in [-0.25, -0.2) is 9.07 Å². The third kappa shape index (κ3) is 4.09. The maximum atomic E-state index is 12.9. The van der Waals surface area contributed by atoms with E-state index in [0.717, 1.165) is 5.69 Å². The molecule has 0 radical (unpaired) electrons. The second kappa shape index (κ2) is 7.79. The van der Waals surface area contributed by atoms with Crippen LogP contribution in [0.2, 0.25) is 0 Å². The normalized spacial score (nSPS) is 10.6. The highest BCUT2D eigenvalue weighted by Crippen LogP contribution is 2.16. The molecule has 1 N–H and O–H groups in total. The summed E-state index contributed by atoms with van der Waals surface area (Å²) in [6.45, 7) is 0.127. The molecule has 4 aromatic rings. The largest absolute Gasteiger partial charge is 0.486 e. The van der Waals surface area contributed by atoms with Crippen LogP contribution >= 0.6 is 0 Å². The quantitative estimate of drug-likeness (QED) is 0.539. The van der Waals surface area contributed by atoms with Gasteiger partial charge in [-0.05, 0) is 48.5 Å². The van der Waals surface area contributed by atoms with E-state index in [1.807, 2.05) is 30.3 Å². The number of para-hydroxylation sites is 1. The number of nitrogens with one attached hydrogen (secondary N) is 1. The van der Waals surface area contributed by atoms with Crippen LogP contribution in [-0.4, -0.2) is 15.7 Å². The summed E-state index contributed by atoms with van der Waals surface area (Å²) in [5.74, 6) is 0.797. The molecule has 0 unspecified atom stereocenters. The highest BCUT2D eigenvalue weighted by molar-refractivity contribution is 6.01. The first-order valence-corrected chi connectivity index (χ1v) is 8.57. The second-order valence-corrected chi connectivity index (χ2v) is 5.94. The Labute approximate surface area is 160 Å². The Morgan fingerprint density at radius 2 is 1.82 bits per heavy atom. The summed E-state index contributed by atoms with van der Waals surface area (Å²) in [5.41, 5.74) is 0.890. The summed E-state index contributed by atoms with van der Waals surface area (Å²) < 4.78 is 25.6. The standard InChI is InChI=1S/C21H16FN3O3/c22-15-6-8-17(9-7-15)27-14-18-10-11-19(28-18)21(26)23-20-12-13-25(24-20)16-4-2-1-3-5-16/h1-13H,14H2,(H,23,24,26). The molecule has 4 rings (SSSR count). The van der Waals surface area contributed by atoms with E-state index in [0.29, 0.717) is 17.3 Å². The number of amides is 1. The molecule has 7 heteroatoms. The lowest BCUT2D eigenvalue weighted by molar-refractivity contribution is 0.0992. The number of rotatable bonds is 6. The van der Waals surface area contributed by atoms with Gasteiger partial charge in [0.2, 0.25) is 0 Å². The van der Waals surface area contributed by atoms with Gasteiger partial charge in [-0.15, -0.1) is 0 Å². The lowest BCUT2D eigenvalue weighted by atomic mass is 10.3. The van der Waals surface area contributed by atoms with Crippen molar-refractivity contribution in [3.63, 3.8) is 0 Å². The topological polar surface area (TPSA) is 69.3 Å². The third-order valence-corrected chi connectivity index (χ3v) is 3.93. The SMILES string of the molecule is O=C(Nc1ccn(-c2ccccc2)n1)c1ccc(COc2ccc(F)cc2)o1. The minimum absolute atomic E-state index is 0.127. The maximum Gasteiger partial charge on any atom is 0.292 e.